The molecule has 0 atom stereocenters. The lowest BCUT2D eigenvalue weighted by Crippen LogP contribution is -2.15. The molecule has 1 aromatic carbocycles. The zero-order valence-corrected chi connectivity index (χ0v) is 12.1. The van der Waals surface area contributed by atoms with Crippen LogP contribution in [0.5, 0.6) is 5.75 Å². The smallest absolute Gasteiger partial charge is 0.252 e. The molecular weight excluding hydrogens is 270 g/mol. The maximum atomic E-state index is 11.4. The van der Waals surface area contributed by atoms with Gasteiger partial charge in [-0.15, -0.1) is 0 Å². The number of nitrogens with zero attached hydrogens (tertiary/aromatic N) is 3. The standard InChI is InChI=1S/C14H19N5O2/c1-9(2)6-19-13(17-8-18-19)7-21-12-4-3-10(15)5-11(12)14(16)20/h3-5,8-9H,6-7,15H2,1-2H3,(H2,16,20). The van der Waals surface area contributed by atoms with Crippen LogP contribution in [0.15, 0.2) is 24.5 Å². The lowest BCUT2D eigenvalue weighted by Gasteiger charge is -2.12. The summed E-state index contributed by atoms with van der Waals surface area (Å²) in [7, 11) is 0. The molecule has 0 radical (unpaired) electrons. The van der Waals surface area contributed by atoms with Crippen LogP contribution in [-0.4, -0.2) is 20.7 Å². The molecule has 0 bridgehead atoms. The normalized spacial score (nSPS) is 10.8. The van der Waals surface area contributed by atoms with Crippen LogP contribution in [-0.2, 0) is 13.2 Å². The topological polar surface area (TPSA) is 109 Å². The van der Waals surface area contributed by atoms with Crippen molar-refractivity contribution in [1.29, 1.82) is 0 Å². The van der Waals surface area contributed by atoms with Crippen molar-refractivity contribution >= 4 is 11.6 Å². The van der Waals surface area contributed by atoms with E-state index in [1.165, 1.54) is 12.4 Å². The van der Waals surface area contributed by atoms with Crippen LogP contribution in [0, 0.1) is 5.92 Å². The summed E-state index contributed by atoms with van der Waals surface area (Å²) in [6, 6.07) is 4.77. The monoisotopic (exact) mass is 289 g/mol. The van der Waals surface area contributed by atoms with Crippen molar-refractivity contribution in [2.75, 3.05) is 5.73 Å². The van der Waals surface area contributed by atoms with Gasteiger partial charge in [0.2, 0.25) is 0 Å². The van der Waals surface area contributed by atoms with Crippen LogP contribution in [0.2, 0.25) is 0 Å². The Balaban J connectivity index is 2.14. The van der Waals surface area contributed by atoms with E-state index < -0.39 is 5.91 Å². The summed E-state index contributed by atoms with van der Waals surface area (Å²) in [4.78, 5) is 15.6. The fraction of sp³-hybridized carbons (Fsp3) is 0.357. The molecule has 0 saturated carbocycles. The second-order valence-corrected chi connectivity index (χ2v) is 5.16. The van der Waals surface area contributed by atoms with Gasteiger partial charge in [-0.25, -0.2) is 9.67 Å². The number of hydrogen-bond donors (Lipinski definition) is 2. The number of ether oxygens (including phenoxy) is 1. The van der Waals surface area contributed by atoms with Crippen LogP contribution in [0.4, 0.5) is 5.69 Å². The molecule has 1 heterocycles. The van der Waals surface area contributed by atoms with E-state index in [2.05, 4.69) is 23.9 Å². The Morgan fingerprint density at radius 3 is 2.86 bits per heavy atom. The number of hydrogen-bond acceptors (Lipinski definition) is 5. The van der Waals surface area contributed by atoms with Gasteiger partial charge in [0.05, 0.1) is 5.56 Å². The van der Waals surface area contributed by atoms with Crippen LogP contribution in [0.3, 0.4) is 0 Å². The first-order valence-electron chi connectivity index (χ1n) is 6.66. The summed E-state index contributed by atoms with van der Waals surface area (Å²) in [5.74, 6) is 0.941. The van der Waals surface area contributed by atoms with E-state index in [-0.39, 0.29) is 12.2 Å². The van der Waals surface area contributed by atoms with Gasteiger partial charge in [0.25, 0.3) is 5.91 Å². The van der Waals surface area contributed by atoms with Gasteiger partial charge in [-0.05, 0) is 24.1 Å². The number of anilines is 1. The molecule has 4 N–H and O–H groups in total. The van der Waals surface area contributed by atoms with E-state index in [0.717, 1.165) is 6.54 Å². The molecule has 0 spiro atoms. The summed E-state index contributed by atoms with van der Waals surface area (Å²) < 4.78 is 7.42. The number of carbonyl (C=O) groups excluding carboxylic acids is 1. The summed E-state index contributed by atoms with van der Waals surface area (Å²) in [5, 5.41) is 4.15. The molecule has 0 fully saturated rings. The van der Waals surface area contributed by atoms with Gasteiger partial charge in [-0.1, -0.05) is 13.8 Å². The third kappa shape index (κ3) is 3.71. The average Bonchev–Trinajstić information content (AvgIpc) is 2.83. The van der Waals surface area contributed by atoms with E-state index in [4.69, 9.17) is 16.2 Å². The van der Waals surface area contributed by atoms with Gasteiger partial charge in [0, 0.05) is 12.2 Å². The van der Waals surface area contributed by atoms with E-state index in [1.54, 1.807) is 16.8 Å². The van der Waals surface area contributed by atoms with Crippen molar-refractivity contribution in [1.82, 2.24) is 14.8 Å². The van der Waals surface area contributed by atoms with Crippen molar-refractivity contribution in [3.8, 4) is 5.75 Å². The number of aromatic nitrogens is 3. The third-order valence-electron chi connectivity index (χ3n) is 2.86. The number of nitrogens with two attached hydrogens (primary N) is 2. The minimum atomic E-state index is -0.582. The summed E-state index contributed by atoms with van der Waals surface area (Å²) in [6.07, 6.45) is 1.49. The molecule has 0 saturated heterocycles. The first-order chi connectivity index (χ1) is 9.97. The molecule has 0 unspecified atom stereocenters. The quantitative estimate of drug-likeness (QED) is 0.776. The second kappa shape index (κ2) is 6.25. The van der Waals surface area contributed by atoms with Crippen molar-refractivity contribution in [3.63, 3.8) is 0 Å². The Morgan fingerprint density at radius 2 is 2.19 bits per heavy atom. The summed E-state index contributed by atoms with van der Waals surface area (Å²) in [6.45, 7) is 5.15. The van der Waals surface area contributed by atoms with E-state index >= 15 is 0 Å². The van der Waals surface area contributed by atoms with Crippen molar-refractivity contribution < 1.29 is 9.53 Å². The summed E-state index contributed by atoms with van der Waals surface area (Å²) in [5.41, 5.74) is 11.7. The maximum Gasteiger partial charge on any atom is 0.252 e. The predicted molar refractivity (Wildman–Crippen MR) is 78.6 cm³/mol. The van der Waals surface area contributed by atoms with E-state index in [0.29, 0.717) is 23.2 Å². The molecule has 2 rings (SSSR count). The highest BCUT2D eigenvalue weighted by atomic mass is 16.5. The number of amides is 1. The molecule has 7 heteroatoms. The lowest BCUT2D eigenvalue weighted by atomic mass is 10.1. The molecule has 112 valence electrons. The molecule has 0 aliphatic carbocycles. The fourth-order valence-electron chi connectivity index (χ4n) is 1.91. The van der Waals surface area contributed by atoms with Gasteiger partial charge < -0.3 is 16.2 Å². The maximum absolute atomic E-state index is 11.4. The van der Waals surface area contributed by atoms with E-state index in [9.17, 15) is 4.79 Å². The Bertz CT molecular complexity index is 636. The number of nitrogen functional groups attached to an aromatic ring is 1. The highest BCUT2D eigenvalue weighted by molar-refractivity contribution is 5.96. The first-order valence-corrected chi connectivity index (χ1v) is 6.66. The highest BCUT2D eigenvalue weighted by Crippen LogP contribution is 2.21. The van der Waals surface area contributed by atoms with Gasteiger partial charge in [-0.2, -0.15) is 5.10 Å². The molecule has 21 heavy (non-hydrogen) atoms. The zero-order valence-electron chi connectivity index (χ0n) is 12.1. The van der Waals surface area contributed by atoms with Gasteiger partial charge in [-0.3, -0.25) is 4.79 Å². The number of primary amides is 1. The Hall–Kier alpha value is -2.57. The fourth-order valence-corrected chi connectivity index (χ4v) is 1.91. The Morgan fingerprint density at radius 1 is 1.43 bits per heavy atom. The van der Waals surface area contributed by atoms with Gasteiger partial charge in [0.15, 0.2) is 5.82 Å². The Labute approximate surface area is 122 Å². The van der Waals surface area contributed by atoms with Crippen molar-refractivity contribution in [3.05, 3.63) is 35.9 Å². The molecule has 1 amide bonds. The Kier molecular flexibility index (Phi) is 4.42. The lowest BCUT2D eigenvalue weighted by molar-refractivity contribution is 0.0995. The number of benzene rings is 1. The largest absolute Gasteiger partial charge is 0.485 e. The van der Waals surface area contributed by atoms with Crippen molar-refractivity contribution in [2.24, 2.45) is 11.7 Å². The minimum Gasteiger partial charge on any atom is -0.485 e. The SMILES string of the molecule is CC(C)Cn1ncnc1COc1ccc(N)cc1C(N)=O. The molecular formula is C14H19N5O2. The molecule has 2 aromatic rings. The molecule has 7 nitrogen and oxygen atoms in total. The minimum absolute atomic E-state index is 0.205. The average molecular weight is 289 g/mol. The van der Waals surface area contributed by atoms with Gasteiger partial charge >= 0.3 is 0 Å². The molecule has 0 aliphatic heterocycles. The highest BCUT2D eigenvalue weighted by Gasteiger charge is 2.12. The summed E-state index contributed by atoms with van der Waals surface area (Å²) >= 11 is 0. The molecule has 1 aromatic heterocycles. The van der Waals surface area contributed by atoms with Crippen molar-refractivity contribution in [2.45, 2.75) is 27.0 Å². The van der Waals surface area contributed by atoms with Crippen LogP contribution >= 0.6 is 0 Å². The van der Waals surface area contributed by atoms with Crippen LogP contribution in [0.1, 0.15) is 30.0 Å². The van der Waals surface area contributed by atoms with Crippen LogP contribution < -0.4 is 16.2 Å². The molecule has 0 aliphatic rings. The number of carbonyl (C=O) groups is 1. The zero-order chi connectivity index (χ0) is 15.4. The second-order valence-electron chi connectivity index (χ2n) is 5.16. The number of rotatable bonds is 6. The third-order valence-corrected chi connectivity index (χ3v) is 2.86. The van der Waals surface area contributed by atoms with E-state index in [1.807, 2.05) is 0 Å². The van der Waals surface area contributed by atoms with Crippen LogP contribution in [0.25, 0.3) is 0 Å². The predicted octanol–water partition coefficient (Wildman–Crippen LogP) is 1.19. The van der Waals surface area contributed by atoms with Gasteiger partial charge in [0.1, 0.15) is 18.7 Å². The first kappa shape index (κ1) is 14.8.